The highest BCUT2D eigenvalue weighted by atomic mass is 16.2. The zero-order valence-corrected chi connectivity index (χ0v) is 13.2. The van der Waals surface area contributed by atoms with Crippen molar-refractivity contribution in [3.8, 4) is 0 Å². The molecule has 110 valence electrons. The summed E-state index contributed by atoms with van der Waals surface area (Å²) in [4.78, 5) is 21.6. The van der Waals surface area contributed by atoms with Gasteiger partial charge < -0.3 is 10.6 Å². The molecule has 0 saturated carbocycles. The largest absolute Gasteiger partial charge is 0.355 e. The Labute approximate surface area is 113 Å². The molecule has 0 radical (unpaired) electrons. The van der Waals surface area contributed by atoms with Crippen LogP contribution in [-0.4, -0.2) is 30.8 Å². The van der Waals surface area contributed by atoms with E-state index in [0.29, 0.717) is 25.6 Å². The molecule has 0 fully saturated rings. The summed E-state index contributed by atoms with van der Waals surface area (Å²) < 4.78 is 0. The lowest BCUT2D eigenvalue weighted by Crippen LogP contribution is -2.37. The first-order valence-corrected chi connectivity index (χ1v) is 6.93. The summed E-state index contributed by atoms with van der Waals surface area (Å²) in [7, 11) is 0. The molecule has 1 amide bonds. The molecule has 0 aromatic carbocycles. The van der Waals surface area contributed by atoms with E-state index in [1.165, 1.54) is 13.3 Å². The summed E-state index contributed by atoms with van der Waals surface area (Å²) in [5.74, 6) is 0.0343. The molecular weight excluding hydrogens is 228 g/mol. The number of Topliss-reactive ketones (excluding diaryl/α,β-unsaturated/α-hetero) is 1. The Morgan fingerprint density at radius 3 is 1.89 bits per heavy atom. The van der Waals surface area contributed by atoms with Crippen LogP contribution in [0.25, 0.3) is 0 Å². The van der Waals surface area contributed by atoms with Gasteiger partial charge in [-0.3, -0.25) is 9.59 Å². The second-order valence-corrected chi connectivity index (χ2v) is 4.04. The molecule has 2 N–H and O–H groups in total. The molecule has 0 aromatic heterocycles. The minimum absolute atomic E-state index is 0.0602. The second-order valence-electron chi connectivity index (χ2n) is 4.04. The number of rotatable bonds is 6. The van der Waals surface area contributed by atoms with Gasteiger partial charge in [-0.1, -0.05) is 48.0 Å². The lowest BCUT2D eigenvalue weighted by Gasteiger charge is -2.07. The minimum atomic E-state index is -0.0602. The minimum Gasteiger partial charge on any atom is -0.355 e. The first kappa shape index (κ1) is 22.3. The van der Waals surface area contributed by atoms with Crippen LogP contribution in [0.5, 0.6) is 0 Å². The second kappa shape index (κ2) is 18.5. The summed E-state index contributed by atoms with van der Waals surface area (Å²) in [6.07, 6.45) is 1.66. The summed E-state index contributed by atoms with van der Waals surface area (Å²) in [6.45, 7) is 14.5. The van der Waals surface area contributed by atoms with Gasteiger partial charge in [-0.05, 0) is 6.92 Å². The third-order valence-corrected chi connectivity index (χ3v) is 1.47. The van der Waals surface area contributed by atoms with Crippen molar-refractivity contribution >= 4 is 11.7 Å². The topological polar surface area (TPSA) is 58.2 Å². The summed E-state index contributed by atoms with van der Waals surface area (Å²) in [6, 6.07) is 0.304. The first-order valence-electron chi connectivity index (χ1n) is 6.93. The standard InChI is InChI=1S/C9H18N2O2.C3H8.C2H6/c1-7(2)11-6-9(13)10-5-4-8(3)12;1-3-2;1-2/h7,11H,4-6H2,1-3H3,(H,10,13);3H2,1-2H3;1-2H3. The van der Waals surface area contributed by atoms with Crippen molar-refractivity contribution in [3.05, 3.63) is 0 Å². The van der Waals surface area contributed by atoms with Crippen LogP contribution in [0.3, 0.4) is 0 Å². The molecule has 0 rings (SSSR count). The van der Waals surface area contributed by atoms with E-state index in [1.54, 1.807) is 0 Å². The molecule has 0 saturated heterocycles. The molecule has 0 aromatic rings. The third-order valence-electron chi connectivity index (χ3n) is 1.47. The quantitative estimate of drug-likeness (QED) is 0.771. The summed E-state index contributed by atoms with van der Waals surface area (Å²) in [5, 5.41) is 5.63. The average Bonchev–Trinajstić information content (AvgIpc) is 2.29. The molecule has 18 heavy (non-hydrogen) atoms. The molecular formula is C14H32N2O2. The van der Waals surface area contributed by atoms with Crippen LogP contribution >= 0.6 is 0 Å². The van der Waals surface area contributed by atoms with Crippen LogP contribution < -0.4 is 10.6 Å². The Morgan fingerprint density at radius 1 is 1.11 bits per heavy atom. The number of hydrogen-bond donors (Lipinski definition) is 2. The smallest absolute Gasteiger partial charge is 0.233 e. The van der Waals surface area contributed by atoms with Crippen LogP contribution in [0.15, 0.2) is 0 Å². The van der Waals surface area contributed by atoms with E-state index in [1.807, 2.05) is 27.7 Å². The normalized spacial score (nSPS) is 8.67. The average molecular weight is 260 g/mol. The third kappa shape index (κ3) is 29.4. The molecule has 0 heterocycles. The molecule has 0 atom stereocenters. The fraction of sp³-hybridized carbons (Fsp3) is 0.857. The van der Waals surface area contributed by atoms with E-state index < -0.39 is 0 Å². The Hall–Kier alpha value is -0.900. The van der Waals surface area contributed by atoms with Crippen molar-refractivity contribution in [3.63, 3.8) is 0 Å². The van der Waals surface area contributed by atoms with Crippen LogP contribution in [0, 0.1) is 0 Å². The highest BCUT2D eigenvalue weighted by Gasteiger charge is 2.01. The monoisotopic (exact) mass is 260 g/mol. The zero-order valence-electron chi connectivity index (χ0n) is 13.2. The van der Waals surface area contributed by atoms with Gasteiger partial charge in [0.05, 0.1) is 6.54 Å². The van der Waals surface area contributed by atoms with Gasteiger partial charge in [-0.25, -0.2) is 0 Å². The van der Waals surface area contributed by atoms with Crippen molar-refractivity contribution in [2.24, 2.45) is 0 Å². The fourth-order valence-electron chi connectivity index (χ4n) is 0.737. The predicted molar refractivity (Wildman–Crippen MR) is 78.8 cm³/mol. The van der Waals surface area contributed by atoms with E-state index >= 15 is 0 Å². The molecule has 0 spiro atoms. The van der Waals surface area contributed by atoms with Gasteiger partial charge in [0, 0.05) is 19.0 Å². The van der Waals surface area contributed by atoms with E-state index in [-0.39, 0.29) is 11.7 Å². The molecule has 0 bridgehead atoms. The summed E-state index contributed by atoms with van der Waals surface area (Å²) in [5.41, 5.74) is 0. The van der Waals surface area contributed by atoms with Gasteiger partial charge in [0.1, 0.15) is 5.78 Å². The van der Waals surface area contributed by atoms with Crippen molar-refractivity contribution in [1.29, 1.82) is 0 Å². The van der Waals surface area contributed by atoms with Crippen LogP contribution in [0.2, 0.25) is 0 Å². The van der Waals surface area contributed by atoms with Crippen molar-refractivity contribution in [1.82, 2.24) is 10.6 Å². The van der Waals surface area contributed by atoms with Crippen molar-refractivity contribution in [2.75, 3.05) is 13.1 Å². The maximum absolute atomic E-state index is 11.0. The maximum Gasteiger partial charge on any atom is 0.233 e. The predicted octanol–water partition coefficient (Wildman–Crippen LogP) is 2.52. The zero-order chi connectivity index (χ0) is 15.0. The number of amides is 1. The molecule has 0 unspecified atom stereocenters. The van der Waals surface area contributed by atoms with Gasteiger partial charge in [-0.15, -0.1) is 0 Å². The van der Waals surface area contributed by atoms with Crippen LogP contribution in [0.4, 0.5) is 0 Å². The van der Waals surface area contributed by atoms with E-state index in [4.69, 9.17) is 0 Å². The molecule has 0 aliphatic heterocycles. The van der Waals surface area contributed by atoms with E-state index in [2.05, 4.69) is 24.5 Å². The van der Waals surface area contributed by atoms with E-state index in [9.17, 15) is 9.59 Å². The van der Waals surface area contributed by atoms with Gasteiger partial charge in [0.2, 0.25) is 5.91 Å². The van der Waals surface area contributed by atoms with Gasteiger partial charge in [0.15, 0.2) is 0 Å². The van der Waals surface area contributed by atoms with Gasteiger partial charge >= 0.3 is 0 Å². The van der Waals surface area contributed by atoms with Crippen molar-refractivity contribution < 1.29 is 9.59 Å². The number of ketones is 1. The molecule has 0 aliphatic carbocycles. The summed E-state index contributed by atoms with van der Waals surface area (Å²) >= 11 is 0. The number of hydrogen-bond acceptors (Lipinski definition) is 3. The molecule has 4 heteroatoms. The van der Waals surface area contributed by atoms with Gasteiger partial charge in [0.25, 0.3) is 0 Å². The lowest BCUT2D eigenvalue weighted by atomic mass is 10.3. The highest BCUT2D eigenvalue weighted by Crippen LogP contribution is 1.79. The Balaban J connectivity index is -0.000000389. The van der Waals surface area contributed by atoms with Gasteiger partial charge in [-0.2, -0.15) is 0 Å². The Morgan fingerprint density at radius 2 is 1.56 bits per heavy atom. The number of carbonyl (C=O) groups excluding carboxylic acids is 2. The molecule has 0 aliphatic rings. The lowest BCUT2D eigenvalue weighted by molar-refractivity contribution is -0.120. The molecule has 4 nitrogen and oxygen atoms in total. The Kier molecular flexibility index (Phi) is 22.9. The van der Waals surface area contributed by atoms with Crippen LogP contribution in [0.1, 0.15) is 61.3 Å². The number of nitrogens with one attached hydrogen (secondary N) is 2. The Bertz CT molecular complexity index is 192. The van der Waals surface area contributed by atoms with Crippen LogP contribution in [-0.2, 0) is 9.59 Å². The van der Waals surface area contributed by atoms with Crippen molar-refractivity contribution in [2.45, 2.75) is 67.3 Å². The number of carbonyl (C=O) groups is 2. The highest BCUT2D eigenvalue weighted by molar-refractivity contribution is 5.79. The van der Waals surface area contributed by atoms with E-state index in [0.717, 1.165) is 0 Å². The fourth-order valence-corrected chi connectivity index (χ4v) is 0.737. The SMILES string of the molecule is CC.CC(=O)CCNC(=O)CNC(C)C.CCC. The first-order chi connectivity index (χ1) is 8.43. The maximum atomic E-state index is 11.0.